The number of hydrogen-bond donors (Lipinski definition) is 0. The summed E-state index contributed by atoms with van der Waals surface area (Å²) < 4.78 is 5.95. The number of aryl methyl sites for hydroxylation is 6. The van der Waals surface area contributed by atoms with Gasteiger partial charge in [-0.3, -0.25) is 0 Å². The minimum absolute atomic E-state index is 0.212. The molecule has 0 radical (unpaired) electrons. The zero-order chi connectivity index (χ0) is 57.0. The number of furan rings is 1. The maximum Gasteiger partial charge on any atom is 0.135 e. The van der Waals surface area contributed by atoms with Crippen LogP contribution in [-0.2, 0) is 5.41 Å². The van der Waals surface area contributed by atoms with Crippen molar-refractivity contribution in [2.75, 3.05) is 0 Å². The predicted octanol–water partition coefficient (Wildman–Crippen LogP) is 23.2. The summed E-state index contributed by atoms with van der Waals surface area (Å²) in [7, 11) is 0. The first-order chi connectivity index (χ1) is 39.2. The summed E-state index contributed by atoms with van der Waals surface area (Å²) in [5.74, 6) is 0. The second-order valence-corrected chi connectivity index (χ2v) is 20.2. The SMILES string of the molecule is CC.CC.CC.Cc1ccc(-c2ccc(C)cc2)cc1.Cc1ccc(C2=CCCC=C2)cc1.Cc1ccc2c(c1)C(C1=CCCC=C1)(c1ccccc1)c1ccccc1-2.Cc1ccccc1-c1cc2c(cc1C)oc1ccccc12. The Balaban J connectivity index is 0.000000154. The zero-order valence-corrected chi connectivity index (χ0v) is 49.8. The molecule has 1 heteroatoms. The number of para-hydroxylation sites is 1. The molecule has 0 saturated carbocycles. The van der Waals surface area contributed by atoms with Gasteiger partial charge in [-0.15, -0.1) is 0 Å². The Kier molecular flexibility index (Phi) is 21.6. The van der Waals surface area contributed by atoms with Crippen LogP contribution in [0.15, 0.2) is 253 Å². The van der Waals surface area contributed by atoms with Gasteiger partial charge < -0.3 is 4.42 Å². The van der Waals surface area contributed by atoms with Crippen LogP contribution in [0.2, 0.25) is 0 Å². The Hall–Kier alpha value is -8.26. The van der Waals surface area contributed by atoms with Crippen LogP contribution in [0, 0.1) is 41.5 Å². The van der Waals surface area contributed by atoms with Crippen LogP contribution in [0.25, 0.3) is 60.9 Å². The first-order valence-corrected chi connectivity index (χ1v) is 29.4. The van der Waals surface area contributed by atoms with E-state index < -0.39 is 0 Å². The van der Waals surface area contributed by atoms with E-state index in [1.165, 1.54) is 124 Å². The first-order valence-electron chi connectivity index (χ1n) is 29.4. The number of benzene rings is 9. The summed E-state index contributed by atoms with van der Waals surface area (Å²) >= 11 is 0. The van der Waals surface area contributed by atoms with E-state index in [0.29, 0.717) is 0 Å². The molecule has 1 unspecified atom stereocenters. The Morgan fingerprint density at radius 3 is 1.44 bits per heavy atom. The second kappa shape index (κ2) is 29.1. The van der Waals surface area contributed by atoms with Gasteiger partial charge in [-0.1, -0.05) is 288 Å². The number of fused-ring (bicyclic) bond motifs is 6. The van der Waals surface area contributed by atoms with Crippen LogP contribution in [0.3, 0.4) is 0 Å². The highest BCUT2D eigenvalue weighted by Gasteiger charge is 2.46. The first kappa shape index (κ1) is 59.4. The van der Waals surface area contributed by atoms with Crippen molar-refractivity contribution in [3.8, 4) is 33.4 Å². The standard InChI is InChI=1S/C26H22.C20H16O.C14H14.C13H14.3C2H6/c1-19-16-17-23-22-14-8-9-15-24(22)26(25(23)18-19,20-10-4-2-5-11-20)21-12-6-3-7-13-21;1-13-7-3-4-8-15(13)17-12-18-16-9-5-6-10-19(16)21-20(18)11-14(17)2;1-11-3-7-13(8-4-11)14-9-5-12(2)6-10-14;1-11-7-9-13(10-8-11)12-5-3-2-4-6-12;3*1-2/h2,4-6,8-18H,3,7H2,1H3;3-12H,1-2H3;3-10H,1-2H3;3,5-10H,2,4H2,1H3;3*1-2H3. The molecule has 1 atom stereocenters. The molecule has 406 valence electrons. The average Bonchev–Trinajstić information content (AvgIpc) is 4.22. The van der Waals surface area contributed by atoms with E-state index in [4.69, 9.17) is 4.42 Å². The second-order valence-electron chi connectivity index (χ2n) is 20.2. The lowest BCUT2D eigenvalue weighted by Gasteiger charge is -2.35. The summed E-state index contributed by atoms with van der Waals surface area (Å²) in [6, 6.07) is 74.0. The van der Waals surface area contributed by atoms with Crippen molar-refractivity contribution in [2.45, 2.75) is 114 Å². The third-order valence-electron chi connectivity index (χ3n) is 14.8. The Morgan fingerprint density at radius 2 is 0.850 bits per heavy atom. The quantitative estimate of drug-likeness (QED) is 0.167. The van der Waals surface area contributed by atoms with Gasteiger partial charge in [-0.05, 0) is 163 Å². The van der Waals surface area contributed by atoms with Crippen molar-refractivity contribution in [3.63, 3.8) is 0 Å². The molecule has 0 saturated heterocycles. The van der Waals surface area contributed by atoms with Crippen molar-refractivity contribution < 1.29 is 4.42 Å². The zero-order valence-electron chi connectivity index (χ0n) is 49.8. The van der Waals surface area contributed by atoms with Gasteiger partial charge >= 0.3 is 0 Å². The molecular weight excluding hydrogens is 965 g/mol. The molecule has 13 rings (SSSR count). The molecule has 0 bridgehead atoms. The molecular formula is C79H84O. The molecule has 80 heavy (non-hydrogen) atoms. The molecule has 1 aromatic heterocycles. The average molecular weight is 1050 g/mol. The van der Waals surface area contributed by atoms with Gasteiger partial charge in [-0.25, -0.2) is 0 Å². The van der Waals surface area contributed by atoms with E-state index in [2.05, 4.69) is 272 Å². The topological polar surface area (TPSA) is 13.1 Å². The fourth-order valence-electron chi connectivity index (χ4n) is 10.9. The molecule has 0 fully saturated rings. The van der Waals surface area contributed by atoms with E-state index in [9.17, 15) is 0 Å². The third-order valence-corrected chi connectivity index (χ3v) is 14.8. The van der Waals surface area contributed by atoms with Gasteiger partial charge in [0.05, 0.1) is 5.41 Å². The van der Waals surface area contributed by atoms with Crippen molar-refractivity contribution >= 4 is 27.5 Å². The van der Waals surface area contributed by atoms with E-state index in [1.54, 1.807) is 0 Å². The smallest absolute Gasteiger partial charge is 0.135 e. The van der Waals surface area contributed by atoms with E-state index in [1.807, 2.05) is 53.7 Å². The highest BCUT2D eigenvalue weighted by atomic mass is 16.3. The molecule has 1 heterocycles. The highest BCUT2D eigenvalue weighted by Crippen LogP contribution is 2.57. The van der Waals surface area contributed by atoms with Gasteiger partial charge in [0.25, 0.3) is 0 Å². The van der Waals surface area contributed by atoms with Gasteiger partial charge in [0.2, 0.25) is 0 Å². The maximum absolute atomic E-state index is 5.95. The van der Waals surface area contributed by atoms with Gasteiger partial charge in [0.1, 0.15) is 11.2 Å². The minimum Gasteiger partial charge on any atom is -0.456 e. The maximum atomic E-state index is 5.95. The monoisotopic (exact) mass is 1050 g/mol. The van der Waals surface area contributed by atoms with Crippen LogP contribution in [-0.4, -0.2) is 0 Å². The number of allylic oxidation sites excluding steroid dienone is 8. The summed E-state index contributed by atoms with van der Waals surface area (Å²) in [5.41, 5.74) is 25.7. The summed E-state index contributed by atoms with van der Waals surface area (Å²) in [5, 5.41) is 2.37. The van der Waals surface area contributed by atoms with Gasteiger partial charge in [0, 0.05) is 10.8 Å². The molecule has 10 aromatic rings. The number of hydrogen-bond acceptors (Lipinski definition) is 1. The summed E-state index contributed by atoms with van der Waals surface area (Å²) in [6.07, 6.45) is 18.5. The molecule has 0 amide bonds. The Morgan fingerprint density at radius 1 is 0.338 bits per heavy atom. The van der Waals surface area contributed by atoms with Gasteiger partial charge in [0.15, 0.2) is 0 Å². The molecule has 0 spiro atoms. The molecule has 3 aliphatic carbocycles. The molecule has 0 aliphatic heterocycles. The van der Waals surface area contributed by atoms with Crippen LogP contribution in [0.1, 0.15) is 123 Å². The van der Waals surface area contributed by atoms with E-state index in [-0.39, 0.29) is 5.41 Å². The lowest BCUT2D eigenvalue weighted by molar-refractivity contribution is 0.668. The van der Waals surface area contributed by atoms with Crippen molar-refractivity contribution in [3.05, 3.63) is 304 Å². The fraction of sp³-hybridized carbons (Fsp3) is 0.215. The van der Waals surface area contributed by atoms with Crippen LogP contribution in [0.4, 0.5) is 0 Å². The molecule has 3 aliphatic rings. The molecule has 1 nitrogen and oxygen atoms in total. The van der Waals surface area contributed by atoms with E-state index in [0.717, 1.165) is 24.0 Å². The summed E-state index contributed by atoms with van der Waals surface area (Å²) in [4.78, 5) is 0. The van der Waals surface area contributed by atoms with E-state index >= 15 is 0 Å². The lowest BCUT2D eigenvalue weighted by atomic mass is 9.66. The van der Waals surface area contributed by atoms with Crippen molar-refractivity contribution in [2.24, 2.45) is 0 Å². The van der Waals surface area contributed by atoms with Crippen molar-refractivity contribution in [1.29, 1.82) is 0 Å². The molecule has 0 N–H and O–H groups in total. The third kappa shape index (κ3) is 13.6. The fourth-order valence-corrected chi connectivity index (χ4v) is 10.9. The van der Waals surface area contributed by atoms with Crippen molar-refractivity contribution in [1.82, 2.24) is 0 Å². The normalized spacial score (nSPS) is 14.2. The molecule has 9 aromatic carbocycles. The largest absolute Gasteiger partial charge is 0.456 e. The minimum atomic E-state index is -0.212. The Bertz CT molecular complexity index is 3640. The summed E-state index contributed by atoms with van der Waals surface area (Å²) in [6.45, 7) is 24.8. The van der Waals surface area contributed by atoms with Gasteiger partial charge in [-0.2, -0.15) is 0 Å². The highest BCUT2D eigenvalue weighted by molar-refractivity contribution is 6.06. The predicted molar refractivity (Wildman–Crippen MR) is 351 cm³/mol. The van der Waals surface area contributed by atoms with Crippen LogP contribution >= 0.6 is 0 Å². The lowest BCUT2D eigenvalue weighted by Crippen LogP contribution is -2.29. The number of rotatable bonds is 5. The Labute approximate surface area is 480 Å². The van der Waals surface area contributed by atoms with Crippen LogP contribution < -0.4 is 0 Å². The van der Waals surface area contributed by atoms with Crippen LogP contribution in [0.5, 0.6) is 0 Å².